The second-order valence-corrected chi connectivity index (χ2v) is 9.87. The van der Waals surface area contributed by atoms with Crippen LogP contribution in [0, 0.1) is 5.41 Å². The molecular formula is C26H26F3N5. The number of nitrogens with zero attached hydrogens (tertiary/aromatic N) is 4. The van der Waals surface area contributed by atoms with E-state index in [0.29, 0.717) is 10.9 Å². The molecule has 2 aromatic carbocycles. The fraction of sp³-hybridized carbons (Fsp3) is 0.385. The fourth-order valence-corrected chi connectivity index (χ4v) is 5.56. The summed E-state index contributed by atoms with van der Waals surface area (Å²) >= 11 is 0. The Kier molecular flexibility index (Phi) is 5.02. The molecule has 8 heteroatoms. The highest BCUT2D eigenvalue weighted by Gasteiger charge is 2.45. The van der Waals surface area contributed by atoms with E-state index in [-0.39, 0.29) is 11.0 Å². The molecule has 2 saturated heterocycles. The summed E-state index contributed by atoms with van der Waals surface area (Å²) < 4.78 is 38.7. The molecule has 176 valence electrons. The predicted molar refractivity (Wildman–Crippen MR) is 127 cm³/mol. The van der Waals surface area contributed by atoms with Crippen molar-refractivity contribution in [1.29, 1.82) is 0 Å². The summed E-state index contributed by atoms with van der Waals surface area (Å²) in [6, 6.07) is 13.5. The number of anilines is 1. The second kappa shape index (κ2) is 7.98. The van der Waals surface area contributed by atoms with Gasteiger partial charge in [0.25, 0.3) is 0 Å². The molecule has 4 heterocycles. The van der Waals surface area contributed by atoms with Crippen molar-refractivity contribution in [2.24, 2.45) is 5.41 Å². The van der Waals surface area contributed by atoms with Gasteiger partial charge in [-0.15, -0.1) is 0 Å². The first-order chi connectivity index (χ1) is 16.4. The SMILES string of the molecule is FC(F)(F)Cc1ccc2ncnc(N3CC4(CCN(Cc5ccc6[nH]ccc6c5)CC4)C3)c2c1. The second-order valence-electron chi connectivity index (χ2n) is 9.87. The molecule has 5 nitrogen and oxygen atoms in total. The Morgan fingerprint density at radius 1 is 0.941 bits per heavy atom. The summed E-state index contributed by atoms with van der Waals surface area (Å²) in [4.78, 5) is 16.7. The molecule has 0 saturated carbocycles. The van der Waals surface area contributed by atoms with Gasteiger partial charge in [0.2, 0.25) is 0 Å². The molecular weight excluding hydrogens is 439 g/mol. The van der Waals surface area contributed by atoms with Gasteiger partial charge in [-0.1, -0.05) is 12.1 Å². The number of fused-ring (bicyclic) bond motifs is 2. The number of aromatic amines is 1. The molecule has 0 bridgehead atoms. The lowest BCUT2D eigenvalue weighted by atomic mass is 9.72. The first-order valence-electron chi connectivity index (χ1n) is 11.7. The van der Waals surface area contributed by atoms with Gasteiger partial charge in [0.05, 0.1) is 11.9 Å². The average Bonchev–Trinajstić information content (AvgIpc) is 3.25. The van der Waals surface area contributed by atoms with E-state index >= 15 is 0 Å². The van der Waals surface area contributed by atoms with Crippen molar-refractivity contribution in [2.45, 2.75) is 32.0 Å². The summed E-state index contributed by atoms with van der Waals surface area (Å²) in [7, 11) is 0. The zero-order valence-corrected chi connectivity index (χ0v) is 18.8. The summed E-state index contributed by atoms with van der Waals surface area (Å²) in [5.74, 6) is 0.752. The number of nitrogens with one attached hydrogen (secondary N) is 1. The quantitative estimate of drug-likeness (QED) is 0.443. The van der Waals surface area contributed by atoms with Gasteiger partial charge in [0.15, 0.2) is 0 Å². The molecule has 2 aromatic heterocycles. The third-order valence-corrected chi connectivity index (χ3v) is 7.38. The number of aromatic nitrogens is 3. The highest BCUT2D eigenvalue weighted by molar-refractivity contribution is 5.90. The van der Waals surface area contributed by atoms with Crippen LogP contribution in [0.5, 0.6) is 0 Å². The van der Waals surface area contributed by atoms with Crippen LogP contribution in [0.15, 0.2) is 55.0 Å². The van der Waals surface area contributed by atoms with Crippen molar-refractivity contribution in [2.75, 3.05) is 31.1 Å². The topological polar surface area (TPSA) is 48.1 Å². The Bertz CT molecular complexity index is 1330. The Balaban J connectivity index is 1.11. The van der Waals surface area contributed by atoms with Crippen LogP contribution in [0.25, 0.3) is 21.8 Å². The van der Waals surface area contributed by atoms with Crippen LogP contribution in [-0.2, 0) is 13.0 Å². The van der Waals surface area contributed by atoms with Gasteiger partial charge < -0.3 is 9.88 Å². The van der Waals surface area contributed by atoms with Crippen LogP contribution in [0.1, 0.15) is 24.0 Å². The Hall–Kier alpha value is -3.13. The van der Waals surface area contributed by atoms with Gasteiger partial charge in [-0.2, -0.15) is 13.2 Å². The van der Waals surface area contributed by atoms with Crippen molar-refractivity contribution < 1.29 is 13.2 Å². The van der Waals surface area contributed by atoms with E-state index in [0.717, 1.165) is 51.4 Å². The zero-order chi connectivity index (χ0) is 23.3. The van der Waals surface area contributed by atoms with Crippen LogP contribution in [0.4, 0.5) is 19.0 Å². The molecule has 0 unspecified atom stereocenters. The maximum absolute atomic E-state index is 12.9. The fourth-order valence-electron chi connectivity index (χ4n) is 5.56. The number of rotatable bonds is 4. The molecule has 2 fully saturated rings. The van der Waals surface area contributed by atoms with E-state index in [1.54, 1.807) is 12.1 Å². The number of halogens is 3. The number of benzene rings is 2. The van der Waals surface area contributed by atoms with Crippen LogP contribution >= 0.6 is 0 Å². The smallest absolute Gasteiger partial charge is 0.361 e. The highest BCUT2D eigenvalue weighted by Crippen LogP contribution is 2.43. The lowest BCUT2D eigenvalue weighted by molar-refractivity contribution is -0.127. The first kappa shape index (κ1) is 21.4. The van der Waals surface area contributed by atoms with Gasteiger partial charge in [-0.25, -0.2) is 9.97 Å². The molecule has 34 heavy (non-hydrogen) atoms. The lowest BCUT2D eigenvalue weighted by Gasteiger charge is -2.54. The number of likely N-dealkylation sites (tertiary alicyclic amines) is 1. The first-order valence-corrected chi connectivity index (χ1v) is 11.7. The summed E-state index contributed by atoms with van der Waals surface area (Å²) in [5.41, 5.74) is 3.70. The van der Waals surface area contributed by atoms with E-state index in [2.05, 4.69) is 49.0 Å². The highest BCUT2D eigenvalue weighted by atomic mass is 19.4. The minimum absolute atomic E-state index is 0.248. The summed E-state index contributed by atoms with van der Waals surface area (Å²) in [6.45, 7) is 4.86. The van der Waals surface area contributed by atoms with Crippen LogP contribution in [0.3, 0.4) is 0 Å². The van der Waals surface area contributed by atoms with Crippen molar-refractivity contribution in [3.63, 3.8) is 0 Å². The van der Waals surface area contributed by atoms with Gasteiger partial charge in [0.1, 0.15) is 12.1 Å². The number of piperidine rings is 1. The maximum atomic E-state index is 12.9. The van der Waals surface area contributed by atoms with Crippen molar-refractivity contribution in [1.82, 2.24) is 19.9 Å². The Morgan fingerprint density at radius 3 is 2.53 bits per heavy atom. The predicted octanol–water partition coefficient (Wildman–Crippen LogP) is 5.32. The van der Waals surface area contributed by atoms with Gasteiger partial charge in [-0.3, -0.25) is 4.90 Å². The monoisotopic (exact) mass is 465 g/mol. The Morgan fingerprint density at radius 2 is 1.74 bits per heavy atom. The third kappa shape index (κ3) is 4.11. The molecule has 0 atom stereocenters. The van der Waals surface area contributed by atoms with E-state index in [1.807, 2.05) is 6.20 Å². The molecule has 2 aliphatic heterocycles. The lowest BCUT2D eigenvalue weighted by Crippen LogP contribution is -2.60. The van der Waals surface area contributed by atoms with E-state index < -0.39 is 12.6 Å². The van der Waals surface area contributed by atoms with E-state index in [4.69, 9.17) is 0 Å². The van der Waals surface area contributed by atoms with E-state index in [1.165, 1.54) is 28.9 Å². The number of hydrogen-bond donors (Lipinski definition) is 1. The minimum Gasteiger partial charge on any atom is -0.361 e. The van der Waals surface area contributed by atoms with Crippen LogP contribution < -0.4 is 4.90 Å². The van der Waals surface area contributed by atoms with Gasteiger partial charge in [0, 0.05) is 42.1 Å². The van der Waals surface area contributed by atoms with Crippen molar-refractivity contribution in [3.05, 3.63) is 66.1 Å². The van der Waals surface area contributed by atoms with Gasteiger partial charge in [-0.05, 0) is 72.8 Å². The molecule has 0 radical (unpaired) electrons. The van der Waals surface area contributed by atoms with Gasteiger partial charge >= 0.3 is 6.18 Å². The van der Waals surface area contributed by atoms with Crippen LogP contribution in [-0.4, -0.2) is 52.2 Å². The number of hydrogen-bond acceptors (Lipinski definition) is 4. The number of H-pyrrole nitrogens is 1. The average molecular weight is 466 g/mol. The molecule has 1 N–H and O–H groups in total. The zero-order valence-electron chi connectivity index (χ0n) is 18.8. The normalized spacial score (nSPS) is 18.6. The molecule has 0 amide bonds. The number of alkyl halides is 3. The Labute approximate surface area is 195 Å². The molecule has 4 aromatic rings. The maximum Gasteiger partial charge on any atom is 0.393 e. The van der Waals surface area contributed by atoms with E-state index in [9.17, 15) is 13.2 Å². The van der Waals surface area contributed by atoms with Crippen LogP contribution in [0.2, 0.25) is 0 Å². The molecule has 6 rings (SSSR count). The standard InChI is InChI=1S/C26H26F3N5/c27-26(28,29)13-18-1-4-23-21(12-18)24(32-17-31-23)34-15-25(16-34)6-9-33(10-7-25)14-19-2-3-22-20(11-19)5-8-30-22/h1-5,8,11-12,17,30H,6-7,9-10,13-16H2. The molecule has 1 spiro atoms. The largest absolute Gasteiger partial charge is 0.393 e. The minimum atomic E-state index is -4.23. The van der Waals surface area contributed by atoms with Crippen molar-refractivity contribution in [3.8, 4) is 0 Å². The third-order valence-electron chi connectivity index (χ3n) is 7.38. The molecule has 0 aliphatic carbocycles. The molecule has 2 aliphatic rings. The summed E-state index contributed by atoms with van der Waals surface area (Å²) in [6.07, 6.45) is 0.561. The van der Waals surface area contributed by atoms with Crippen molar-refractivity contribution >= 4 is 27.6 Å². The summed E-state index contributed by atoms with van der Waals surface area (Å²) in [5, 5.41) is 1.95.